The lowest BCUT2D eigenvalue weighted by Crippen LogP contribution is -1.85. The van der Waals surface area contributed by atoms with E-state index >= 15 is 0 Å². The Hall–Kier alpha value is -2.21. The van der Waals surface area contributed by atoms with Gasteiger partial charge in [-0.3, -0.25) is 0 Å². The third-order valence-corrected chi connectivity index (χ3v) is 2.12. The molecule has 77 valence electrons. The maximum absolute atomic E-state index is 13.0. The molecule has 16 heavy (non-hydrogen) atoms. The molecular weight excluding hydrogens is 208 g/mol. The van der Waals surface area contributed by atoms with Crippen molar-refractivity contribution in [3.63, 3.8) is 0 Å². The predicted octanol–water partition coefficient (Wildman–Crippen LogP) is 3.30. The van der Waals surface area contributed by atoms with E-state index in [2.05, 4.69) is 6.07 Å². The monoisotopic (exact) mass is 214 g/mol. The Morgan fingerprint density at radius 2 is 1.69 bits per heavy atom. The summed E-state index contributed by atoms with van der Waals surface area (Å²) in [6, 6.07) is 12.6. The second-order valence-electron chi connectivity index (χ2n) is 3.26. The van der Waals surface area contributed by atoms with E-state index in [9.17, 15) is 8.78 Å². The molecule has 0 heterocycles. The lowest BCUT2D eigenvalue weighted by Gasteiger charge is -2.02. The lowest BCUT2D eigenvalue weighted by atomic mass is 10.0. The SMILES string of the molecule is N#Cc1[c]ccc(-c2cc(F)cc(F)c2)c1. The van der Waals surface area contributed by atoms with Crippen LogP contribution in [-0.4, -0.2) is 0 Å². The highest BCUT2D eigenvalue weighted by atomic mass is 19.1. The molecule has 2 rings (SSSR count). The van der Waals surface area contributed by atoms with Crippen molar-refractivity contribution in [2.75, 3.05) is 0 Å². The van der Waals surface area contributed by atoms with Gasteiger partial charge >= 0.3 is 0 Å². The number of nitrogens with zero attached hydrogens (tertiary/aromatic N) is 1. The number of benzene rings is 2. The van der Waals surface area contributed by atoms with Crippen LogP contribution in [0.25, 0.3) is 11.1 Å². The molecular formula is C13H6F2N. The van der Waals surface area contributed by atoms with E-state index in [1.807, 2.05) is 6.07 Å². The summed E-state index contributed by atoms with van der Waals surface area (Å²) in [5.41, 5.74) is 1.33. The molecule has 0 aliphatic rings. The molecule has 0 saturated carbocycles. The summed E-state index contributed by atoms with van der Waals surface area (Å²) in [5.74, 6) is -1.28. The van der Waals surface area contributed by atoms with E-state index < -0.39 is 11.6 Å². The Balaban J connectivity index is 2.54. The second-order valence-corrected chi connectivity index (χ2v) is 3.26. The van der Waals surface area contributed by atoms with E-state index in [0.717, 1.165) is 6.07 Å². The standard InChI is InChI=1S/C13H6F2N/c14-12-5-11(6-13(15)7-12)10-3-1-2-9(4-10)8-16/h1,3-7H. The fraction of sp³-hybridized carbons (Fsp3) is 0. The van der Waals surface area contributed by atoms with Crippen LogP contribution in [0.2, 0.25) is 0 Å². The Morgan fingerprint density at radius 1 is 1.00 bits per heavy atom. The van der Waals surface area contributed by atoms with Gasteiger partial charge in [0.05, 0.1) is 11.6 Å². The van der Waals surface area contributed by atoms with Gasteiger partial charge in [-0.2, -0.15) is 5.26 Å². The summed E-state index contributed by atoms with van der Waals surface area (Å²) in [7, 11) is 0. The molecule has 0 N–H and O–H groups in total. The minimum Gasteiger partial charge on any atom is -0.207 e. The number of rotatable bonds is 1. The van der Waals surface area contributed by atoms with Gasteiger partial charge in [0, 0.05) is 12.1 Å². The van der Waals surface area contributed by atoms with Crippen LogP contribution in [0.1, 0.15) is 5.56 Å². The number of hydrogen-bond acceptors (Lipinski definition) is 1. The van der Waals surface area contributed by atoms with Crippen LogP contribution >= 0.6 is 0 Å². The summed E-state index contributed by atoms with van der Waals surface area (Å²) < 4.78 is 26.0. The Bertz CT molecular complexity index is 550. The van der Waals surface area contributed by atoms with Gasteiger partial charge in [-0.15, -0.1) is 0 Å². The Labute approximate surface area is 91.6 Å². The zero-order valence-electron chi connectivity index (χ0n) is 8.17. The van der Waals surface area contributed by atoms with Crippen molar-refractivity contribution in [3.05, 3.63) is 59.7 Å². The highest BCUT2D eigenvalue weighted by molar-refractivity contribution is 5.65. The van der Waals surface area contributed by atoms with Crippen molar-refractivity contribution in [2.45, 2.75) is 0 Å². The smallest absolute Gasteiger partial charge is 0.126 e. The van der Waals surface area contributed by atoms with Gasteiger partial charge in [-0.05, 0) is 29.3 Å². The molecule has 0 atom stereocenters. The molecule has 0 aromatic heterocycles. The maximum atomic E-state index is 13.0. The summed E-state index contributed by atoms with van der Waals surface area (Å²) in [5, 5.41) is 8.69. The number of nitriles is 1. The molecule has 1 radical (unpaired) electrons. The van der Waals surface area contributed by atoms with E-state index in [-0.39, 0.29) is 0 Å². The molecule has 0 spiro atoms. The zero-order valence-corrected chi connectivity index (χ0v) is 8.17. The quantitative estimate of drug-likeness (QED) is 0.714. The van der Waals surface area contributed by atoms with Gasteiger partial charge in [0.1, 0.15) is 11.6 Å². The van der Waals surface area contributed by atoms with Crippen molar-refractivity contribution in [1.29, 1.82) is 5.26 Å². The molecule has 0 aliphatic heterocycles. The molecule has 1 nitrogen and oxygen atoms in total. The first-order valence-electron chi connectivity index (χ1n) is 4.57. The average molecular weight is 214 g/mol. The highest BCUT2D eigenvalue weighted by Gasteiger charge is 2.03. The van der Waals surface area contributed by atoms with Crippen LogP contribution in [0.4, 0.5) is 8.78 Å². The summed E-state index contributed by atoms with van der Waals surface area (Å²) in [6.07, 6.45) is 0. The highest BCUT2D eigenvalue weighted by Crippen LogP contribution is 2.22. The number of hydrogen-bond donors (Lipinski definition) is 0. The van der Waals surface area contributed by atoms with E-state index in [0.29, 0.717) is 16.7 Å². The third kappa shape index (κ3) is 2.06. The van der Waals surface area contributed by atoms with Gasteiger partial charge in [-0.25, -0.2) is 8.78 Å². The minimum absolute atomic E-state index is 0.335. The molecule has 0 fully saturated rings. The van der Waals surface area contributed by atoms with Gasteiger partial charge in [0.25, 0.3) is 0 Å². The molecule has 2 aromatic carbocycles. The Morgan fingerprint density at radius 3 is 2.31 bits per heavy atom. The van der Waals surface area contributed by atoms with Gasteiger partial charge in [0.2, 0.25) is 0 Å². The first-order valence-corrected chi connectivity index (χ1v) is 4.57. The third-order valence-electron chi connectivity index (χ3n) is 2.12. The molecule has 0 unspecified atom stereocenters. The summed E-state index contributed by atoms with van der Waals surface area (Å²) in [4.78, 5) is 0. The van der Waals surface area contributed by atoms with Crippen LogP contribution in [-0.2, 0) is 0 Å². The molecule has 0 saturated heterocycles. The second kappa shape index (κ2) is 4.11. The van der Waals surface area contributed by atoms with Gasteiger partial charge in [-0.1, -0.05) is 12.1 Å². The van der Waals surface area contributed by atoms with Crippen molar-refractivity contribution in [3.8, 4) is 17.2 Å². The predicted molar refractivity (Wildman–Crippen MR) is 55.3 cm³/mol. The largest absolute Gasteiger partial charge is 0.207 e. The van der Waals surface area contributed by atoms with Crippen LogP contribution in [0.5, 0.6) is 0 Å². The van der Waals surface area contributed by atoms with Crippen LogP contribution in [0.15, 0.2) is 36.4 Å². The first-order chi connectivity index (χ1) is 7.69. The summed E-state index contributed by atoms with van der Waals surface area (Å²) in [6.45, 7) is 0. The fourth-order valence-electron chi connectivity index (χ4n) is 1.43. The topological polar surface area (TPSA) is 23.8 Å². The normalized spacial score (nSPS) is 9.81. The molecule has 2 aromatic rings. The first kappa shape index (κ1) is 10.3. The molecule has 0 aliphatic carbocycles. The zero-order chi connectivity index (χ0) is 11.5. The Kier molecular flexibility index (Phi) is 2.65. The van der Waals surface area contributed by atoms with Crippen molar-refractivity contribution in [2.24, 2.45) is 0 Å². The number of halogens is 2. The maximum Gasteiger partial charge on any atom is 0.126 e. The minimum atomic E-state index is -0.638. The van der Waals surface area contributed by atoms with Crippen LogP contribution in [0, 0.1) is 29.0 Å². The van der Waals surface area contributed by atoms with Crippen molar-refractivity contribution >= 4 is 0 Å². The lowest BCUT2D eigenvalue weighted by molar-refractivity contribution is 0.584. The van der Waals surface area contributed by atoms with Crippen LogP contribution in [0.3, 0.4) is 0 Å². The average Bonchev–Trinajstić information content (AvgIpc) is 2.28. The molecule has 0 bridgehead atoms. The van der Waals surface area contributed by atoms with E-state index in [4.69, 9.17) is 5.26 Å². The molecule has 0 amide bonds. The summed E-state index contributed by atoms with van der Waals surface area (Å²) >= 11 is 0. The van der Waals surface area contributed by atoms with Crippen molar-refractivity contribution in [1.82, 2.24) is 0 Å². The van der Waals surface area contributed by atoms with E-state index in [1.54, 1.807) is 12.1 Å². The molecule has 3 heteroatoms. The van der Waals surface area contributed by atoms with Crippen molar-refractivity contribution < 1.29 is 8.78 Å². The van der Waals surface area contributed by atoms with Gasteiger partial charge < -0.3 is 0 Å². The fourth-order valence-corrected chi connectivity index (χ4v) is 1.43. The van der Waals surface area contributed by atoms with Gasteiger partial charge in [0.15, 0.2) is 0 Å². The van der Waals surface area contributed by atoms with E-state index in [1.165, 1.54) is 18.2 Å². The van der Waals surface area contributed by atoms with Crippen LogP contribution < -0.4 is 0 Å².